The van der Waals surface area contributed by atoms with Crippen molar-refractivity contribution in [2.45, 2.75) is 115 Å². The predicted octanol–water partition coefficient (Wildman–Crippen LogP) is 3.52. The van der Waals surface area contributed by atoms with Crippen LogP contribution in [-0.2, 0) is 20.8 Å². The molecule has 3 amide bonds. The predicted molar refractivity (Wildman–Crippen MR) is 187 cm³/mol. The summed E-state index contributed by atoms with van der Waals surface area (Å²) >= 11 is 0. The lowest BCUT2D eigenvalue weighted by atomic mass is 9.82. The number of unbranched alkanes of at least 4 members (excludes halogenated alkanes) is 1. The molecule has 1 saturated carbocycles. The molecule has 5 atom stereocenters. The van der Waals surface area contributed by atoms with Crippen LogP contribution in [0.15, 0.2) is 30.3 Å². The molecule has 1 fully saturated rings. The van der Waals surface area contributed by atoms with E-state index in [0.717, 1.165) is 44.3 Å². The monoisotopic (exact) mass is 650 g/mol. The van der Waals surface area contributed by atoms with Gasteiger partial charge in [-0.3, -0.25) is 14.4 Å². The SMILES string of the molecule is C#CCCC[C@H](O)[C@H](O)[C@H](CC1CCCCC1)NC(=O)[C@H](CCC#C)NC(=O)[C@@H](CC(=O)N(C)CCN(C)CC)Cc1ccccc1. The van der Waals surface area contributed by atoms with E-state index in [1.165, 1.54) is 6.42 Å². The minimum atomic E-state index is -1.19. The Bertz CT molecular complexity index is 1160. The lowest BCUT2D eigenvalue weighted by Crippen LogP contribution is -2.56. The van der Waals surface area contributed by atoms with E-state index < -0.39 is 42.0 Å². The van der Waals surface area contributed by atoms with Crippen LogP contribution in [0.2, 0.25) is 0 Å². The largest absolute Gasteiger partial charge is 0.390 e. The molecule has 9 heteroatoms. The fraction of sp³-hybridized carbons (Fsp3) is 0.658. The van der Waals surface area contributed by atoms with Gasteiger partial charge in [0.2, 0.25) is 17.7 Å². The van der Waals surface area contributed by atoms with Gasteiger partial charge in [-0.15, -0.1) is 24.7 Å². The van der Waals surface area contributed by atoms with Crippen LogP contribution in [0, 0.1) is 36.5 Å². The third-order valence-electron chi connectivity index (χ3n) is 9.38. The van der Waals surface area contributed by atoms with E-state index in [1.54, 1.807) is 11.9 Å². The second-order valence-electron chi connectivity index (χ2n) is 13.1. The van der Waals surface area contributed by atoms with E-state index in [0.29, 0.717) is 44.6 Å². The van der Waals surface area contributed by atoms with Crippen LogP contribution in [0.4, 0.5) is 0 Å². The molecule has 1 aliphatic carbocycles. The number of nitrogens with zero attached hydrogens (tertiary/aromatic N) is 2. The van der Waals surface area contributed by atoms with Crippen molar-refractivity contribution < 1.29 is 24.6 Å². The van der Waals surface area contributed by atoms with E-state index >= 15 is 0 Å². The summed E-state index contributed by atoms with van der Waals surface area (Å²) < 4.78 is 0. The second-order valence-corrected chi connectivity index (χ2v) is 13.1. The molecule has 47 heavy (non-hydrogen) atoms. The van der Waals surface area contributed by atoms with Gasteiger partial charge in [0, 0.05) is 39.4 Å². The van der Waals surface area contributed by atoms with Gasteiger partial charge in [-0.25, -0.2) is 0 Å². The molecule has 4 N–H and O–H groups in total. The van der Waals surface area contributed by atoms with Crippen molar-refractivity contribution in [1.82, 2.24) is 20.4 Å². The lowest BCUT2D eigenvalue weighted by Gasteiger charge is -2.33. The Morgan fingerprint density at radius 3 is 2.26 bits per heavy atom. The molecule has 1 aromatic rings. The van der Waals surface area contributed by atoms with Gasteiger partial charge in [0.25, 0.3) is 0 Å². The molecule has 0 heterocycles. The van der Waals surface area contributed by atoms with Crippen LogP contribution in [0.1, 0.15) is 89.5 Å². The highest BCUT2D eigenvalue weighted by atomic mass is 16.3. The van der Waals surface area contributed by atoms with Crippen molar-refractivity contribution in [2.75, 3.05) is 33.7 Å². The van der Waals surface area contributed by atoms with E-state index in [4.69, 9.17) is 12.8 Å². The van der Waals surface area contributed by atoms with Crippen molar-refractivity contribution in [2.24, 2.45) is 11.8 Å². The molecule has 9 nitrogen and oxygen atoms in total. The van der Waals surface area contributed by atoms with Crippen LogP contribution >= 0.6 is 0 Å². The summed E-state index contributed by atoms with van der Waals surface area (Å²) in [5, 5.41) is 27.9. The molecule has 1 aromatic carbocycles. The summed E-state index contributed by atoms with van der Waals surface area (Å²) in [5.41, 5.74) is 0.910. The Hall–Kier alpha value is -3.37. The fourth-order valence-electron chi connectivity index (χ4n) is 6.11. The molecule has 260 valence electrons. The molecular weight excluding hydrogens is 592 g/mol. The smallest absolute Gasteiger partial charge is 0.242 e. The van der Waals surface area contributed by atoms with Gasteiger partial charge in [0.15, 0.2) is 0 Å². The number of hydrogen-bond donors (Lipinski definition) is 4. The summed E-state index contributed by atoms with van der Waals surface area (Å²) in [4.78, 5) is 44.7. The molecule has 0 unspecified atom stereocenters. The topological polar surface area (TPSA) is 122 Å². The maximum atomic E-state index is 13.9. The van der Waals surface area contributed by atoms with Gasteiger partial charge < -0.3 is 30.6 Å². The van der Waals surface area contributed by atoms with Gasteiger partial charge in [-0.2, -0.15) is 0 Å². The first-order valence-corrected chi connectivity index (χ1v) is 17.4. The summed E-state index contributed by atoms with van der Waals surface area (Å²) in [6.07, 6.45) is 16.7. The summed E-state index contributed by atoms with van der Waals surface area (Å²) in [7, 11) is 3.73. The summed E-state index contributed by atoms with van der Waals surface area (Å²) in [5.74, 6) is 3.70. The Morgan fingerprint density at radius 1 is 0.936 bits per heavy atom. The zero-order chi connectivity index (χ0) is 34.6. The lowest BCUT2D eigenvalue weighted by molar-refractivity contribution is -0.137. The normalized spacial score (nSPS) is 16.6. The number of hydrogen-bond acceptors (Lipinski definition) is 6. The Balaban J connectivity index is 2.23. The maximum absolute atomic E-state index is 13.9. The van der Waals surface area contributed by atoms with Crippen LogP contribution in [0.5, 0.6) is 0 Å². The number of likely N-dealkylation sites (N-methyl/N-ethyl adjacent to an activating group) is 2. The third-order valence-corrected chi connectivity index (χ3v) is 9.38. The Kier molecular flexibility index (Phi) is 18.8. The molecule has 2 rings (SSSR count). The number of nitrogens with one attached hydrogen (secondary N) is 2. The van der Waals surface area contributed by atoms with Crippen molar-refractivity contribution in [3.05, 3.63) is 35.9 Å². The number of rotatable bonds is 21. The number of amides is 3. The van der Waals surface area contributed by atoms with Crippen molar-refractivity contribution >= 4 is 17.7 Å². The molecule has 0 aromatic heterocycles. The van der Waals surface area contributed by atoms with E-state index in [-0.39, 0.29) is 25.2 Å². The quantitative estimate of drug-likeness (QED) is 0.119. The number of carbonyl (C=O) groups is 3. The first-order chi connectivity index (χ1) is 22.6. The second kappa shape index (κ2) is 22.2. The Morgan fingerprint density at radius 2 is 1.62 bits per heavy atom. The molecule has 0 bridgehead atoms. The highest BCUT2D eigenvalue weighted by Crippen LogP contribution is 2.29. The standard InChI is InChI=1S/C38H58N4O5/c1-6-9-13-23-34(43)36(45)33(27-30-20-16-12-17-21-30)40-38(47)32(22-10-7-2)39-37(46)31(26-29-18-14-11-15-19-29)28-35(44)42(5)25-24-41(4)8-3/h1-2,11,14-15,18-19,30-34,36,43,45H,8-10,12-13,16-17,20-28H2,3-5H3,(H,39,46)(H,40,47)/t31-,32+,33+,34+,36-/m1/s1. The highest BCUT2D eigenvalue weighted by Gasteiger charge is 2.34. The molecular formula is C38H58N4O5. The fourth-order valence-corrected chi connectivity index (χ4v) is 6.11. The number of terminal acetylenes is 2. The van der Waals surface area contributed by atoms with Crippen LogP contribution in [0.25, 0.3) is 0 Å². The zero-order valence-corrected chi connectivity index (χ0v) is 28.8. The van der Waals surface area contributed by atoms with Crippen molar-refractivity contribution in [3.63, 3.8) is 0 Å². The van der Waals surface area contributed by atoms with Crippen LogP contribution in [0.3, 0.4) is 0 Å². The zero-order valence-electron chi connectivity index (χ0n) is 28.8. The highest BCUT2D eigenvalue weighted by molar-refractivity contribution is 5.91. The van der Waals surface area contributed by atoms with E-state index in [9.17, 15) is 24.6 Å². The number of aliphatic hydroxyl groups excluding tert-OH is 2. The van der Waals surface area contributed by atoms with Gasteiger partial charge >= 0.3 is 0 Å². The Labute approximate surface area is 283 Å². The van der Waals surface area contributed by atoms with E-state index in [2.05, 4.69) is 34.3 Å². The minimum Gasteiger partial charge on any atom is -0.390 e. The first kappa shape index (κ1) is 39.8. The summed E-state index contributed by atoms with van der Waals surface area (Å²) in [6, 6.07) is 7.84. The number of benzene rings is 1. The maximum Gasteiger partial charge on any atom is 0.242 e. The summed E-state index contributed by atoms with van der Waals surface area (Å²) in [6.45, 7) is 4.17. The van der Waals surface area contributed by atoms with Crippen molar-refractivity contribution in [3.8, 4) is 24.7 Å². The van der Waals surface area contributed by atoms with Crippen molar-refractivity contribution in [1.29, 1.82) is 0 Å². The van der Waals surface area contributed by atoms with Crippen LogP contribution in [-0.4, -0.2) is 95.8 Å². The number of aliphatic hydroxyl groups is 2. The molecule has 0 radical (unpaired) electrons. The minimum absolute atomic E-state index is 0.0105. The molecule has 1 aliphatic rings. The van der Waals surface area contributed by atoms with Gasteiger partial charge in [0.1, 0.15) is 6.04 Å². The van der Waals surface area contributed by atoms with Gasteiger partial charge in [0.05, 0.1) is 24.2 Å². The molecule has 0 aliphatic heterocycles. The van der Waals surface area contributed by atoms with Gasteiger partial charge in [-0.1, -0.05) is 69.4 Å². The average Bonchev–Trinajstić information content (AvgIpc) is 3.08. The number of carbonyl (C=O) groups excluding carboxylic acids is 3. The third kappa shape index (κ3) is 14.9. The average molecular weight is 651 g/mol. The van der Waals surface area contributed by atoms with E-state index in [1.807, 2.05) is 37.4 Å². The van der Waals surface area contributed by atoms with Crippen LogP contribution < -0.4 is 10.6 Å². The first-order valence-electron chi connectivity index (χ1n) is 17.4. The molecule has 0 spiro atoms. The van der Waals surface area contributed by atoms with Gasteiger partial charge in [-0.05, 0) is 57.2 Å². The molecule has 0 saturated heterocycles.